The van der Waals surface area contributed by atoms with Gasteiger partial charge in [-0.3, -0.25) is 0 Å². The van der Waals surface area contributed by atoms with Gasteiger partial charge in [-0.1, -0.05) is 38.3 Å². The Labute approximate surface area is 86.0 Å². The average Bonchev–Trinajstić information content (AvgIpc) is 2.03. The van der Waals surface area contributed by atoms with E-state index in [1.807, 2.05) is 0 Å². The van der Waals surface area contributed by atoms with Crippen molar-refractivity contribution in [1.29, 1.82) is 0 Å². The monoisotopic (exact) mass is 184 g/mol. The first kappa shape index (κ1) is 11.8. The molecule has 1 aliphatic carbocycles. The molecule has 62 valence electrons. The highest BCUT2D eigenvalue weighted by atomic mass is 35.5. The van der Waals surface area contributed by atoms with Crippen molar-refractivity contribution < 1.29 is 0 Å². The summed E-state index contributed by atoms with van der Waals surface area (Å²) >= 11 is 0.314. The molecule has 1 aliphatic rings. The average molecular weight is 185 g/mol. The zero-order valence-corrected chi connectivity index (χ0v) is 9.61. The van der Waals surface area contributed by atoms with Crippen LogP contribution < -0.4 is 0 Å². The smallest absolute Gasteiger partial charge is 0.147 e. The van der Waals surface area contributed by atoms with Crippen molar-refractivity contribution >= 4 is 32.8 Å². The van der Waals surface area contributed by atoms with E-state index in [0.717, 1.165) is 4.05 Å². The molecule has 2 heteroatoms. The van der Waals surface area contributed by atoms with E-state index in [2.05, 4.69) is 19.1 Å². The van der Waals surface area contributed by atoms with Gasteiger partial charge in [0, 0.05) is 0 Å². The number of halogens is 1. The Morgan fingerprint density at radius 1 is 1.45 bits per heavy atom. The standard InChI is InChI=1S/C6H9.C3H7.ClH.Mg/c1-2-4-6-5-3-1;1-3-2;;/h1-2,5H,3-4,6H2;1,3H2,2H3;1H;. The lowest BCUT2D eigenvalue weighted by molar-refractivity contribution is 0.716. The molecule has 0 fully saturated rings. The molecule has 0 aromatic heterocycles. The molecule has 0 N–H and O–H groups in total. The molecule has 11 heavy (non-hydrogen) atoms. The molecular formula is C9H17ClMg. The minimum absolute atomic E-state index is 0. The van der Waals surface area contributed by atoms with Crippen LogP contribution in [-0.2, 0) is 0 Å². The molecule has 0 heterocycles. The lowest BCUT2D eigenvalue weighted by Crippen LogP contribution is -2.04. The number of hydrogen-bond donors (Lipinski definition) is 0. The van der Waals surface area contributed by atoms with Gasteiger partial charge in [0.05, 0.1) is 0 Å². The van der Waals surface area contributed by atoms with Crippen molar-refractivity contribution in [2.75, 3.05) is 0 Å². The van der Waals surface area contributed by atoms with Crippen LogP contribution >= 0.6 is 12.4 Å². The van der Waals surface area contributed by atoms with Crippen LogP contribution in [-0.4, -0.2) is 20.4 Å². The van der Waals surface area contributed by atoms with E-state index >= 15 is 0 Å². The Hall–Kier alpha value is 0.796. The maximum absolute atomic E-state index is 2.39. The molecule has 0 bridgehead atoms. The highest BCUT2D eigenvalue weighted by Crippen LogP contribution is 2.23. The molecule has 0 aromatic rings. The van der Waals surface area contributed by atoms with Gasteiger partial charge < -0.3 is 0 Å². The Morgan fingerprint density at radius 3 is 2.82 bits per heavy atom. The largest absolute Gasteiger partial charge is 0.369 e. The summed E-state index contributed by atoms with van der Waals surface area (Å²) in [7, 11) is 0. The zero-order valence-electron chi connectivity index (χ0n) is 7.38. The lowest BCUT2D eigenvalue weighted by Gasteiger charge is -2.15. The maximum atomic E-state index is 2.39. The van der Waals surface area contributed by atoms with E-state index in [0.29, 0.717) is 20.4 Å². The van der Waals surface area contributed by atoms with Crippen molar-refractivity contribution in [3.63, 3.8) is 0 Å². The Bertz CT molecular complexity index is 112. The topological polar surface area (TPSA) is 0 Å². The third-order valence-corrected chi connectivity index (χ3v) is 5.02. The van der Waals surface area contributed by atoms with Crippen molar-refractivity contribution in [3.8, 4) is 0 Å². The lowest BCUT2D eigenvalue weighted by atomic mass is 10.1. The summed E-state index contributed by atoms with van der Waals surface area (Å²) in [5.74, 6) is 0. The fraction of sp³-hybridized carbons (Fsp3) is 0.778. The zero-order chi connectivity index (χ0) is 7.23. The number of rotatable bonds is 3. The molecule has 0 radical (unpaired) electrons. The molecule has 0 saturated heterocycles. The molecular weight excluding hydrogens is 168 g/mol. The number of allylic oxidation sites excluding steroid dienone is 2. The summed E-state index contributed by atoms with van der Waals surface area (Å²) in [5.41, 5.74) is 0. The van der Waals surface area contributed by atoms with Gasteiger partial charge in [0.2, 0.25) is 0 Å². The van der Waals surface area contributed by atoms with Crippen LogP contribution in [0.5, 0.6) is 0 Å². The summed E-state index contributed by atoms with van der Waals surface area (Å²) in [6, 6.07) is 0. The predicted octanol–water partition coefficient (Wildman–Crippen LogP) is 3.47. The summed E-state index contributed by atoms with van der Waals surface area (Å²) in [4.78, 5) is 0. The molecule has 0 saturated carbocycles. The van der Waals surface area contributed by atoms with E-state index in [4.69, 9.17) is 0 Å². The molecule has 1 unspecified atom stereocenters. The molecule has 1 rings (SSSR count). The number of hydrogen-bond acceptors (Lipinski definition) is 0. The van der Waals surface area contributed by atoms with Crippen LogP contribution in [0.2, 0.25) is 8.60 Å². The van der Waals surface area contributed by atoms with Crippen molar-refractivity contribution in [3.05, 3.63) is 12.2 Å². The fourth-order valence-corrected chi connectivity index (χ4v) is 3.55. The SMILES string of the molecule is CC[CH2][Mg][CH]1CC=CCC1.Cl. The summed E-state index contributed by atoms with van der Waals surface area (Å²) in [5, 5.41) is 0. The van der Waals surface area contributed by atoms with Crippen LogP contribution in [0.1, 0.15) is 32.6 Å². The van der Waals surface area contributed by atoms with Crippen LogP contribution in [0, 0.1) is 0 Å². The van der Waals surface area contributed by atoms with Gasteiger partial charge in [0.25, 0.3) is 0 Å². The molecule has 0 aliphatic heterocycles. The Morgan fingerprint density at radius 2 is 2.27 bits per heavy atom. The highest BCUT2D eigenvalue weighted by Gasteiger charge is 2.10. The second kappa shape index (κ2) is 7.45. The second-order valence-corrected chi connectivity index (χ2v) is 5.73. The van der Waals surface area contributed by atoms with E-state index in [1.165, 1.54) is 25.7 Å². The van der Waals surface area contributed by atoms with Crippen LogP contribution in [0.3, 0.4) is 0 Å². The first-order chi connectivity index (χ1) is 4.93. The Kier molecular flexibility index (Phi) is 7.98. The minimum atomic E-state index is 0. The molecule has 0 spiro atoms. The summed E-state index contributed by atoms with van der Waals surface area (Å²) < 4.78 is 2.73. The maximum Gasteiger partial charge on any atom is 0.369 e. The van der Waals surface area contributed by atoms with E-state index in [1.54, 1.807) is 4.55 Å². The third kappa shape index (κ3) is 5.10. The summed E-state index contributed by atoms with van der Waals surface area (Å²) in [6.07, 6.45) is 10.4. The Balaban J connectivity index is 0.000001000. The molecule has 0 nitrogen and oxygen atoms in total. The molecule has 0 amide bonds. The van der Waals surface area contributed by atoms with E-state index < -0.39 is 0 Å². The third-order valence-electron chi connectivity index (χ3n) is 2.34. The van der Waals surface area contributed by atoms with E-state index in [-0.39, 0.29) is 12.4 Å². The summed E-state index contributed by atoms with van der Waals surface area (Å²) in [6.45, 7) is 2.31. The van der Waals surface area contributed by atoms with E-state index in [9.17, 15) is 0 Å². The minimum Gasteiger partial charge on any atom is -0.147 e. The van der Waals surface area contributed by atoms with Crippen LogP contribution in [0.4, 0.5) is 0 Å². The molecule has 1 atom stereocenters. The normalized spacial score (nSPS) is 22.1. The van der Waals surface area contributed by atoms with Crippen LogP contribution in [0.15, 0.2) is 12.2 Å². The van der Waals surface area contributed by atoms with Crippen molar-refractivity contribution in [2.45, 2.75) is 41.2 Å². The highest BCUT2D eigenvalue weighted by molar-refractivity contribution is 6.37. The van der Waals surface area contributed by atoms with Gasteiger partial charge in [-0.25, -0.2) is 0 Å². The van der Waals surface area contributed by atoms with Gasteiger partial charge in [-0.2, -0.15) is 0 Å². The van der Waals surface area contributed by atoms with Crippen LogP contribution in [0.25, 0.3) is 0 Å². The predicted molar refractivity (Wildman–Crippen MR) is 54.8 cm³/mol. The van der Waals surface area contributed by atoms with Crippen molar-refractivity contribution in [2.24, 2.45) is 0 Å². The van der Waals surface area contributed by atoms with Gasteiger partial charge in [0.15, 0.2) is 0 Å². The second-order valence-electron chi connectivity index (χ2n) is 3.29. The van der Waals surface area contributed by atoms with Crippen molar-refractivity contribution in [1.82, 2.24) is 0 Å². The fourth-order valence-electron chi connectivity index (χ4n) is 1.61. The van der Waals surface area contributed by atoms with Gasteiger partial charge in [0.1, 0.15) is 0 Å². The first-order valence-electron chi connectivity index (χ1n) is 4.58. The van der Waals surface area contributed by atoms with Gasteiger partial charge in [-0.15, -0.1) is 21.0 Å². The van der Waals surface area contributed by atoms with Gasteiger partial charge >= 0.3 is 20.4 Å². The first-order valence-corrected chi connectivity index (χ1v) is 6.40. The molecule has 0 aromatic carbocycles. The van der Waals surface area contributed by atoms with Gasteiger partial charge in [-0.05, 0) is 6.42 Å². The quantitative estimate of drug-likeness (QED) is 0.466.